The molecular weight excluding hydrogens is 159 g/mol. The third-order valence-electron chi connectivity index (χ3n) is 2.26. The molecule has 1 amide bonds. The van der Waals surface area contributed by atoms with Crippen molar-refractivity contribution in [1.29, 1.82) is 0 Å². The normalized spacial score (nSPS) is 24.2. The van der Waals surface area contributed by atoms with Crippen molar-refractivity contribution in [2.45, 2.75) is 12.8 Å². The maximum Gasteiger partial charge on any atom is 0.236 e. The molecule has 0 aromatic carbocycles. The first-order valence-corrected chi connectivity index (χ1v) is 4.31. The minimum Gasteiger partial charge on any atom is -0.341 e. The van der Waals surface area contributed by atoms with Crippen LogP contribution in [0.4, 0.5) is 4.39 Å². The Balaban J connectivity index is 2.40. The summed E-state index contributed by atoms with van der Waals surface area (Å²) in [5.41, 5.74) is 5.20. The van der Waals surface area contributed by atoms with Crippen LogP contribution in [0, 0.1) is 5.92 Å². The van der Waals surface area contributed by atoms with E-state index in [0.717, 1.165) is 19.4 Å². The number of piperidine rings is 1. The van der Waals surface area contributed by atoms with Gasteiger partial charge in [-0.2, -0.15) is 0 Å². The molecule has 0 radical (unpaired) electrons. The molecule has 3 nitrogen and oxygen atoms in total. The van der Waals surface area contributed by atoms with Crippen LogP contribution < -0.4 is 5.73 Å². The summed E-state index contributed by atoms with van der Waals surface area (Å²) >= 11 is 0. The number of halogens is 1. The fourth-order valence-electron chi connectivity index (χ4n) is 1.55. The predicted octanol–water partition coefficient (Wildman–Crippen LogP) is 0.153. The van der Waals surface area contributed by atoms with Crippen LogP contribution in [0.3, 0.4) is 0 Å². The summed E-state index contributed by atoms with van der Waals surface area (Å²) < 4.78 is 12.3. The lowest BCUT2D eigenvalue weighted by Gasteiger charge is -2.31. The minimum atomic E-state index is -0.325. The molecule has 1 atom stereocenters. The first kappa shape index (κ1) is 9.45. The molecule has 0 aromatic heterocycles. The number of hydrogen-bond donors (Lipinski definition) is 1. The summed E-state index contributed by atoms with van der Waals surface area (Å²) in [4.78, 5) is 12.8. The van der Waals surface area contributed by atoms with Gasteiger partial charge in [-0.1, -0.05) is 0 Å². The second kappa shape index (κ2) is 4.40. The van der Waals surface area contributed by atoms with Gasteiger partial charge >= 0.3 is 0 Å². The molecule has 0 aliphatic carbocycles. The smallest absolute Gasteiger partial charge is 0.236 e. The Hall–Kier alpha value is -0.640. The van der Waals surface area contributed by atoms with Crippen LogP contribution >= 0.6 is 0 Å². The van der Waals surface area contributed by atoms with E-state index in [2.05, 4.69) is 0 Å². The lowest BCUT2D eigenvalue weighted by Crippen LogP contribution is -2.43. The number of nitrogens with zero attached hydrogens (tertiary/aromatic N) is 1. The van der Waals surface area contributed by atoms with E-state index in [1.807, 2.05) is 0 Å². The number of carbonyl (C=O) groups is 1. The van der Waals surface area contributed by atoms with Gasteiger partial charge in [-0.25, -0.2) is 0 Å². The van der Waals surface area contributed by atoms with Crippen molar-refractivity contribution in [3.63, 3.8) is 0 Å². The van der Waals surface area contributed by atoms with E-state index in [-0.39, 0.29) is 25.0 Å². The van der Waals surface area contributed by atoms with Crippen LogP contribution in [0.25, 0.3) is 0 Å². The summed E-state index contributed by atoms with van der Waals surface area (Å²) in [6, 6.07) is 0. The fourth-order valence-corrected chi connectivity index (χ4v) is 1.55. The molecule has 1 heterocycles. The van der Waals surface area contributed by atoms with Gasteiger partial charge in [-0.15, -0.1) is 0 Å². The number of rotatable bonds is 2. The summed E-state index contributed by atoms with van der Waals surface area (Å²) in [6.45, 7) is 1.01. The Labute approximate surface area is 71.7 Å². The molecule has 2 N–H and O–H groups in total. The minimum absolute atomic E-state index is 0.0363. The van der Waals surface area contributed by atoms with Gasteiger partial charge in [0.05, 0.1) is 13.2 Å². The van der Waals surface area contributed by atoms with Crippen LogP contribution in [0.1, 0.15) is 12.8 Å². The maximum absolute atomic E-state index is 12.3. The van der Waals surface area contributed by atoms with Gasteiger partial charge < -0.3 is 10.6 Å². The molecule has 0 bridgehead atoms. The van der Waals surface area contributed by atoms with E-state index in [9.17, 15) is 9.18 Å². The van der Waals surface area contributed by atoms with Crippen LogP contribution in [-0.4, -0.2) is 37.1 Å². The Kier molecular flexibility index (Phi) is 3.47. The maximum atomic E-state index is 12.3. The van der Waals surface area contributed by atoms with E-state index in [0.29, 0.717) is 6.54 Å². The number of amides is 1. The first-order chi connectivity index (χ1) is 5.77. The van der Waals surface area contributed by atoms with Gasteiger partial charge in [0, 0.05) is 19.0 Å². The number of carbonyl (C=O) groups excluding carboxylic acids is 1. The fraction of sp³-hybridized carbons (Fsp3) is 0.875. The zero-order valence-corrected chi connectivity index (χ0v) is 7.13. The quantitative estimate of drug-likeness (QED) is 0.648. The lowest BCUT2D eigenvalue weighted by atomic mass is 9.99. The number of likely N-dealkylation sites (tertiary alicyclic amines) is 1. The van der Waals surface area contributed by atoms with E-state index >= 15 is 0 Å². The molecular formula is C8H15FN2O. The molecule has 0 aromatic rings. The average Bonchev–Trinajstić information content (AvgIpc) is 2.17. The Morgan fingerprint density at radius 3 is 3.00 bits per heavy atom. The standard InChI is InChI=1S/C8H15FN2O/c9-4-7-2-1-3-11(6-7)8(12)5-10/h7H,1-6,10H2. The van der Waals surface area contributed by atoms with E-state index in [1.165, 1.54) is 0 Å². The summed E-state index contributed by atoms with van der Waals surface area (Å²) in [5, 5.41) is 0. The molecule has 70 valence electrons. The molecule has 1 saturated heterocycles. The molecule has 1 rings (SSSR count). The molecule has 1 fully saturated rings. The van der Waals surface area contributed by atoms with Crippen molar-refractivity contribution in [3.05, 3.63) is 0 Å². The SMILES string of the molecule is NCC(=O)N1CCCC(CF)C1. The summed E-state index contributed by atoms with van der Waals surface area (Å²) in [5.74, 6) is -0.0256. The summed E-state index contributed by atoms with van der Waals surface area (Å²) in [7, 11) is 0. The highest BCUT2D eigenvalue weighted by Crippen LogP contribution is 2.16. The highest BCUT2D eigenvalue weighted by atomic mass is 19.1. The van der Waals surface area contributed by atoms with Crippen molar-refractivity contribution in [2.75, 3.05) is 26.3 Å². The van der Waals surface area contributed by atoms with E-state index in [1.54, 1.807) is 4.90 Å². The molecule has 0 saturated carbocycles. The number of alkyl halides is 1. The largest absolute Gasteiger partial charge is 0.341 e. The van der Waals surface area contributed by atoms with Gasteiger partial charge in [0.1, 0.15) is 0 Å². The molecule has 1 aliphatic rings. The number of nitrogens with two attached hydrogens (primary N) is 1. The molecule has 1 aliphatic heterocycles. The van der Waals surface area contributed by atoms with Crippen LogP contribution in [-0.2, 0) is 4.79 Å². The third kappa shape index (κ3) is 2.17. The second-order valence-electron chi connectivity index (χ2n) is 3.21. The molecule has 0 spiro atoms. The Morgan fingerprint density at radius 2 is 2.42 bits per heavy atom. The number of hydrogen-bond acceptors (Lipinski definition) is 2. The topological polar surface area (TPSA) is 46.3 Å². The van der Waals surface area contributed by atoms with Crippen LogP contribution in [0.2, 0.25) is 0 Å². The second-order valence-corrected chi connectivity index (χ2v) is 3.21. The van der Waals surface area contributed by atoms with Gasteiger partial charge in [-0.3, -0.25) is 9.18 Å². The monoisotopic (exact) mass is 174 g/mol. The highest BCUT2D eigenvalue weighted by Gasteiger charge is 2.22. The van der Waals surface area contributed by atoms with Crippen molar-refractivity contribution in [3.8, 4) is 0 Å². The highest BCUT2D eigenvalue weighted by molar-refractivity contribution is 5.78. The van der Waals surface area contributed by atoms with Crippen LogP contribution in [0.5, 0.6) is 0 Å². The lowest BCUT2D eigenvalue weighted by molar-refractivity contribution is -0.131. The van der Waals surface area contributed by atoms with E-state index in [4.69, 9.17) is 5.73 Å². The van der Waals surface area contributed by atoms with Crippen molar-refractivity contribution >= 4 is 5.91 Å². The molecule has 4 heteroatoms. The first-order valence-electron chi connectivity index (χ1n) is 4.31. The van der Waals surface area contributed by atoms with Crippen molar-refractivity contribution in [1.82, 2.24) is 4.90 Å². The molecule has 12 heavy (non-hydrogen) atoms. The Morgan fingerprint density at radius 1 is 1.67 bits per heavy atom. The Bertz CT molecular complexity index is 163. The van der Waals surface area contributed by atoms with Crippen molar-refractivity contribution < 1.29 is 9.18 Å². The van der Waals surface area contributed by atoms with Gasteiger partial charge in [0.15, 0.2) is 0 Å². The zero-order valence-electron chi connectivity index (χ0n) is 7.13. The van der Waals surface area contributed by atoms with Gasteiger partial charge in [-0.05, 0) is 12.8 Å². The molecule has 1 unspecified atom stereocenters. The predicted molar refractivity (Wildman–Crippen MR) is 44.3 cm³/mol. The summed E-state index contributed by atoms with van der Waals surface area (Å²) in [6.07, 6.45) is 1.80. The third-order valence-corrected chi connectivity index (χ3v) is 2.26. The van der Waals surface area contributed by atoms with Gasteiger partial charge in [0.2, 0.25) is 5.91 Å². The van der Waals surface area contributed by atoms with Crippen LogP contribution in [0.15, 0.2) is 0 Å². The van der Waals surface area contributed by atoms with Crippen molar-refractivity contribution in [2.24, 2.45) is 11.7 Å². The average molecular weight is 174 g/mol. The van der Waals surface area contributed by atoms with E-state index < -0.39 is 0 Å². The zero-order chi connectivity index (χ0) is 8.97. The van der Waals surface area contributed by atoms with Gasteiger partial charge in [0.25, 0.3) is 0 Å².